The van der Waals surface area contributed by atoms with Crippen molar-refractivity contribution in [1.29, 1.82) is 0 Å². The Labute approximate surface area is 189 Å². The molecule has 172 valence electrons. The van der Waals surface area contributed by atoms with Crippen molar-refractivity contribution in [2.24, 2.45) is 0 Å². The number of ether oxygens (including phenoxy) is 1. The van der Waals surface area contributed by atoms with Gasteiger partial charge in [0.2, 0.25) is 15.9 Å². The van der Waals surface area contributed by atoms with Gasteiger partial charge in [0.25, 0.3) is 0 Å². The van der Waals surface area contributed by atoms with Crippen LogP contribution in [0.25, 0.3) is 11.1 Å². The molecule has 0 aromatic heterocycles. The summed E-state index contributed by atoms with van der Waals surface area (Å²) >= 11 is 0. The predicted molar refractivity (Wildman–Crippen MR) is 125 cm³/mol. The van der Waals surface area contributed by atoms with Gasteiger partial charge in [0.15, 0.2) is 0 Å². The van der Waals surface area contributed by atoms with Crippen LogP contribution < -0.4 is 9.80 Å². The zero-order chi connectivity index (χ0) is 23.6. The Hall–Kier alpha value is -2.91. The van der Waals surface area contributed by atoms with Crippen LogP contribution in [0.4, 0.5) is 16.2 Å². The summed E-state index contributed by atoms with van der Waals surface area (Å²) in [5, 5.41) is 0. The SMILES string of the molecule is CCOC(=O)N1C[C@H](C)N(C(C)=O)c2ccc(-c3cccc(CS(=O)(=O)N(C)C)c3)cc21. The smallest absolute Gasteiger partial charge is 0.414 e. The number of carbonyl (C=O) groups excluding carboxylic acids is 2. The first-order chi connectivity index (χ1) is 15.0. The monoisotopic (exact) mass is 459 g/mol. The number of fused-ring (bicyclic) bond motifs is 1. The Morgan fingerprint density at radius 3 is 2.41 bits per heavy atom. The van der Waals surface area contributed by atoms with Gasteiger partial charge in [-0.3, -0.25) is 9.69 Å². The molecule has 1 aliphatic heterocycles. The molecular formula is C23H29N3O5S. The minimum Gasteiger partial charge on any atom is -0.449 e. The van der Waals surface area contributed by atoms with Crippen LogP contribution in [-0.2, 0) is 25.3 Å². The molecule has 1 atom stereocenters. The molecule has 0 fully saturated rings. The van der Waals surface area contributed by atoms with E-state index in [2.05, 4.69) is 0 Å². The summed E-state index contributed by atoms with van der Waals surface area (Å²) in [6, 6.07) is 12.6. The standard InChI is InChI=1S/C23H29N3O5S/c1-6-31-23(28)25-14-16(2)26(17(3)27)21-11-10-20(13-22(21)25)19-9-7-8-18(12-19)15-32(29,30)24(4)5/h7-13,16H,6,14-15H2,1-5H3/t16-/m0/s1. The Balaban J connectivity index is 2.06. The van der Waals surface area contributed by atoms with Crippen LogP contribution in [0.1, 0.15) is 26.3 Å². The molecule has 32 heavy (non-hydrogen) atoms. The summed E-state index contributed by atoms with van der Waals surface area (Å²) in [6.45, 7) is 5.70. The number of amides is 2. The van der Waals surface area contributed by atoms with Gasteiger partial charge in [0.05, 0.1) is 29.8 Å². The molecular weight excluding hydrogens is 430 g/mol. The number of hydrogen-bond donors (Lipinski definition) is 0. The quantitative estimate of drug-likeness (QED) is 0.683. The summed E-state index contributed by atoms with van der Waals surface area (Å²) in [7, 11) is -0.377. The third kappa shape index (κ3) is 4.78. The molecule has 1 heterocycles. The molecule has 0 spiro atoms. The third-order valence-corrected chi connectivity index (χ3v) is 7.22. The lowest BCUT2D eigenvalue weighted by atomic mass is 9.99. The molecule has 2 aromatic rings. The molecule has 0 radical (unpaired) electrons. The van der Waals surface area contributed by atoms with Crippen molar-refractivity contribution in [2.75, 3.05) is 37.0 Å². The molecule has 0 saturated heterocycles. The molecule has 0 unspecified atom stereocenters. The second-order valence-electron chi connectivity index (χ2n) is 7.99. The van der Waals surface area contributed by atoms with E-state index < -0.39 is 16.1 Å². The maximum atomic E-state index is 12.6. The van der Waals surface area contributed by atoms with Gasteiger partial charge >= 0.3 is 6.09 Å². The van der Waals surface area contributed by atoms with Crippen molar-refractivity contribution in [2.45, 2.75) is 32.6 Å². The van der Waals surface area contributed by atoms with E-state index >= 15 is 0 Å². The molecule has 0 aliphatic carbocycles. The second kappa shape index (κ2) is 9.30. The van der Waals surface area contributed by atoms with Gasteiger partial charge in [-0.15, -0.1) is 0 Å². The summed E-state index contributed by atoms with van der Waals surface area (Å²) in [5.74, 6) is -0.213. The number of benzene rings is 2. The maximum absolute atomic E-state index is 12.6. The van der Waals surface area contributed by atoms with E-state index in [9.17, 15) is 18.0 Å². The summed E-state index contributed by atoms with van der Waals surface area (Å²) in [5.41, 5.74) is 3.51. The van der Waals surface area contributed by atoms with Crippen molar-refractivity contribution < 1.29 is 22.7 Å². The van der Waals surface area contributed by atoms with Crippen LogP contribution in [0.5, 0.6) is 0 Å². The molecule has 9 heteroatoms. The van der Waals surface area contributed by atoms with E-state index in [0.29, 0.717) is 23.5 Å². The Kier molecular flexibility index (Phi) is 6.90. The van der Waals surface area contributed by atoms with Crippen molar-refractivity contribution in [3.63, 3.8) is 0 Å². The molecule has 0 N–H and O–H groups in total. The van der Waals surface area contributed by atoms with Gasteiger partial charge in [-0.25, -0.2) is 17.5 Å². The molecule has 3 rings (SSSR count). The number of hydrogen-bond acceptors (Lipinski definition) is 5. The highest BCUT2D eigenvalue weighted by Crippen LogP contribution is 2.39. The summed E-state index contributed by atoms with van der Waals surface area (Å²) in [4.78, 5) is 28.2. The van der Waals surface area contributed by atoms with Gasteiger partial charge < -0.3 is 9.64 Å². The van der Waals surface area contributed by atoms with Crippen LogP contribution in [-0.4, -0.2) is 58.0 Å². The summed E-state index contributed by atoms with van der Waals surface area (Å²) in [6.07, 6.45) is -0.466. The Bertz CT molecular complexity index is 1130. The van der Waals surface area contributed by atoms with Gasteiger partial charge in [-0.2, -0.15) is 0 Å². The van der Waals surface area contributed by atoms with Gasteiger partial charge in [0, 0.05) is 27.6 Å². The van der Waals surface area contributed by atoms with Crippen LogP contribution in [0, 0.1) is 0 Å². The number of anilines is 2. The van der Waals surface area contributed by atoms with E-state index in [1.807, 2.05) is 43.3 Å². The number of carbonyl (C=O) groups is 2. The fourth-order valence-electron chi connectivity index (χ4n) is 3.84. The van der Waals surface area contributed by atoms with E-state index in [1.54, 1.807) is 22.8 Å². The lowest BCUT2D eigenvalue weighted by molar-refractivity contribution is -0.117. The Morgan fingerprint density at radius 2 is 1.78 bits per heavy atom. The van der Waals surface area contributed by atoms with Crippen LogP contribution >= 0.6 is 0 Å². The first kappa shape index (κ1) is 23.7. The topological polar surface area (TPSA) is 87.2 Å². The van der Waals surface area contributed by atoms with Gasteiger partial charge in [-0.05, 0) is 42.7 Å². The van der Waals surface area contributed by atoms with E-state index in [1.165, 1.54) is 25.3 Å². The molecule has 2 aromatic carbocycles. The van der Waals surface area contributed by atoms with Crippen LogP contribution in [0.15, 0.2) is 42.5 Å². The predicted octanol–water partition coefficient (Wildman–Crippen LogP) is 3.46. The molecule has 1 aliphatic rings. The minimum absolute atomic E-state index is 0.106. The fraction of sp³-hybridized carbons (Fsp3) is 0.391. The molecule has 0 bridgehead atoms. The average Bonchev–Trinajstić information content (AvgIpc) is 2.72. The van der Waals surface area contributed by atoms with Gasteiger partial charge in [-0.1, -0.05) is 30.3 Å². The number of rotatable bonds is 5. The van der Waals surface area contributed by atoms with Crippen molar-refractivity contribution >= 4 is 33.4 Å². The van der Waals surface area contributed by atoms with E-state index in [4.69, 9.17) is 4.74 Å². The highest BCUT2D eigenvalue weighted by molar-refractivity contribution is 7.88. The van der Waals surface area contributed by atoms with E-state index in [-0.39, 0.29) is 24.3 Å². The minimum atomic E-state index is -3.39. The van der Waals surface area contributed by atoms with Gasteiger partial charge in [0.1, 0.15) is 0 Å². The van der Waals surface area contributed by atoms with Crippen LogP contribution in [0.3, 0.4) is 0 Å². The lowest BCUT2D eigenvalue weighted by Gasteiger charge is -2.40. The van der Waals surface area contributed by atoms with Crippen molar-refractivity contribution in [3.05, 3.63) is 48.0 Å². The first-order valence-electron chi connectivity index (χ1n) is 10.4. The van der Waals surface area contributed by atoms with E-state index in [0.717, 1.165) is 11.1 Å². The largest absolute Gasteiger partial charge is 0.449 e. The molecule has 8 nitrogen and oxygen atoms in total. The summed E-state index contributed by atoms with van der Waals surface area (Å²) < 4.78 is 31.0. The van der Waals surface area contributed by atoms with Crippen molar-refractivity contribution in [3.8, 4) is 11.1 Å². The normalized spacial score (nSPS) is 16.1. The van der Waals surface area contributed by atoms with Crippen LogP contribution in [0.2, 0.25) is 0 Å². The maximum Gasteiger partial charge on any atom is 0.414 e. The lowest BCUT2D eigenvalue weighted by Crippen LogP contribution is -2.51. The number of nitrogens with zero attached hydrogens (tertiary/aromatic N) is 3. The highest BCUT2D eigenvalue weighted by Gasteiger charge is 2.34. The Morgan fingerprint density at radius 1 is 1.09 bits per heavy atom. The zero-order valence-electron chi connectivity index (χ0n) is 19.0. The first-order valence-corrected chi connectivity index (χ1v) is 12.0. The van der Waals surface area contributed by atoms with Crippen molar-refractivity contribution in [1.82, 2.24) is 4.31 Å². The zero-order valence-corrected chi connectivity index (χ0v) is 19.8. The second-order valence-corrected chi connectivity index (χ2v) is 10.2. The third-order valence-electron chi connectivity index (χ3n) is 5.41. The average molecular weight is 460 g/mol. The molecule has 2 amide bonds. The highest BCUT2D eigenvalue weighted by atomic mass is 32.2. The number of sulfonamides is 1. The molecule has 0 saturated carbocycles. The fourth-order valence-corrected chi connectivity index (χ4v) is 4.70.